The summed E-state index contributed by atoms with van der Waals surface area (Å²) in [5.74, 6) is 0.0843. The number of nitrogens with zero attached hydrogens (tertiary/aromatic N) is 1. The van der Waals surface area contributed by atoms with Gasteiger partial charge in [-0.2, -0.15) is 0 Å². The molecule has 1 atom stereocenters. The minimum absolute atomic E-state index is 0.0843. The van der Waals surface area contributed by atoms with Crippen LogP contribution in [0.15, 0.2) is 24.3 Å². The average molecular weight is 247 g/mol. The smallest absolute Gasteiger partial charge is 0.221 e. The molecule has 18 heavy (non-hydrogen) atoms. The summed E-state index contributed by atoms with van der Waals surface area (Å²) in [6, 6.07) is 8.37. The number of carbonyl (C=O) groups excluding carboxylic acids is 1. The van der Waals surface area contributed by atoms with Crippen molar-refractivity contribution in [2.75, 3.05) is 25.0 Å². The fourth-order valence-electron chi connectivity index (χ4n) is 2.46. The average Bonchev–Trinajstić information content (AvgIpc) is 2.56. The SMILES string of the molecule is CNC(=O)CCN1CCCC(N)c2ccccc21. The summed E-state index contributed by atoms with van der Waals surface area (Å²) in [5.41, 5.74) is 8.57. The molecule has 0 aromatic heterocycles. The minimum atomic E-state index is 0.0843. The Morgan fingerprint density at radius 1 is 1.50 bits per heavy atom. The number of anilines is 1. The van der Waals surface area contributed by atoms with Gasteiger partial charge < -0.3 is 16.0 Å². The molecule has 4 nitrogen and oxygen atoms in total. The molecule has 0 fully saturated rings. The van der Waals surface area contributed by atoms with Gasteiger partial charge in [0.1, 0.15) is 0 Å². The van der Waals surface area contributed by atoms with Crippen molar-refractivity contribution in [1.82, 2.24) is 5.32 Å². The lowest BCUT2D eigenvalue weighted by atomic mass is 10.0. The van der Waals surface area contributed by atoms with Gasteiger partial charge >= 0.3 is 0 Å². The zero-order valence-corrected chi connectivity index (χ0v) is 10.9. The highest BCUT2D eigenvalue weighted by molar-refractivity contribution is 5.76. The lowest BCUT2D eigenvalue weighted by molar-refractivity contribution is -0.120. The monoisotopic (exact) mass is 247 g/mol. The first-order valence-corrected chi connectivity index (χ1v) is 6.52. The van der Waals surface area contributed by atoms with Gasteiger partial charge in [0, 0.05) is 38.3 Å². The Labute approximate surface area is 108 Å². The molecule has 0 radical (unpaired) electrons. The first kappa shape index (κ1) is 12.9. The molecule has 1 aliphatic rings. The number of rotatable bonds is 3. The highest BCUT2D eigenvalue weighted by Crippen LogP contribution is 2.31. The Balaban J connectivity index is 2.15. The molecule has 2 rings (SSSR count). The fourth-order valence-corrected chi connectivity index (χ4v) is 2.46. The van der Waals surface area contributed by atoms with Gasteiger partial charge in [-0.15, -0.1) is 0 Å². The maximum atomic E-state index is 11.4. The molecule has 0 aliphatic carbocycles. The molecule has 0 bridgehead atoms. The van der Waals surface area contributed by atoms with E-state index in [1.807, 2.05) is 12.1 Å². The second-order valence-corrected chi connectivity index (χ2v) is 4.72. The van der Waals surface area contributed by atoms with Crippen LogP contribution in [0.4, 0.5) is 5.69 Å². The van der Waals surface area contributed by atoms with Gasteiger partial charge in [0.25, 0.3) is 0 Å². The second kappa shape index (κ2) is 5.87. The molecule has 1 aliphatic heterocycles. The Bertz CT molecular complexity index is 419. The molecule has 98 valence electrons. The molecule has 4 heteroatoms. The lowest BCUT2D eigenvalue weighted by Gasteiger charge is -2.25. The Hall–Kier alpha value is -1.55. The van der Waals surface area contributed by atoms with Crippen molar-refractivity contribution in [3.05, 3.63) is 29.8 Å². The zero-order chi connectivity index (χ0) is 13.0. The van der Waals surface area contributed by atoms with E-state index in [0.29, 0.717) is 6.42 Å². The van der Waals surface area contributed by atoms with Crippen molar-refractivity contribution in [1.29, 1.82) is 0 Å². The van der Waals surface area contributed by atoms with Crippen molar-refractivity contribution in [3.8, 4) is 0 Å². The quantitative estimate of drug-likeness (QED) is 0.849. The van der Waals surface area contributed by atoms with E-state index in [-0.39, 0.29) is 11.9 Å². The maximum absolute atomic E-state index is 11.4. The first-order chi connectivity index (χ1) is 8.72. The van der Waals surface area contributed by atoms with Gasteiger partial charge in [-0.25, -0.2) is 0 Å². The summed E-state index contributed by atoms with van der Waals surface area (Å²) in [6.45, 7) is 1.73. The molecule has 1 amide bonds. The van der Waals surface area contributed by atoms with Crippen LogP contribution in [-0.2, 0) is 4.79 Å². The van der Waals surface area contributed by atoms with Crippen LogP contribution in [0.3, 0.4) is 0 Å². The topological polar surface area (TPSA) is 58.4 Å². The number of amides is 1. The number of nitrogens with two attached hydrogens (primary N) is 1. The number of carbonyl (C=O) groups is 1. The Morgan fingerprint density at radius 3 is 3.06 bits per heavy atom. The maximum Gasteiger partial charge on any atom is 0.221 e. The molecule has 0 saturated heterocycles. The van der Waals surface area contributed by atoms with Crippen LogP contribution in [0.25, 0.3) is 0 Å². The third kappa shape index (κ3) is 2.82. The van der Waals surface area contributed by atoms with Gasteiger partial charge in [0.15, 0.2) is 0 Å². The molecule has 1 unspecified atom stereocenters. The van der Waals surface area contributed by atoms with E-state index in [4.69, 9.17) is 5.73 Å². The van der Waals surface area contributed by atoms with Gasteiger partial charge in [-0.1, -0.05) is 18.2 Å². The molecular formula is C14H21N3O. The number of fused-ring (bicyclic) bond motifs is 1. The fraction of sp³-hybridized carbons (Fsp3) is 0.500. The number of para-hydroxylation sites is 1. The molecular weight excluding hydrogens is 226 g/mol. The largest absolute Gasteiger partial charge is 0.371 e. The first-order valence-electron chi connectivity index (χ1n) is 6.52. The van der Waals surface area contributed by atoms with Crippen LogP contribution in [0.1, 0.15) is 30.9 Å². The number of hydrogen-bond acceptors (Lipinski definition) is 3. The van der Waals surface area contributed by atoms with E-state index in [1.165, 1.54) is 11.3 Å². The van der Waals surface area contributed by atoms with Gasteiger partial charge in [-0.3, -0.25) is 4.79 Å². The van der Waals surface area contributed by atoms with Gasteiger partial charge in [-0.05, 0) is 24.5 Å². The Morgan fingerprint density at radius 2 is 2.28 bits per heavy atom. The summed E-state index contributed by atoms with van der Waals surface area (Å²) in [7, 11) is 1.68. The van der Waals surface area contributed by atoms with Crippen LogP contribution >= 0.6 is 0 Å². The van der Waals surface area contributed by atoms with Crippen molar-refractivity contribution in [2.45, 2.75) is 25.3 Å². The van der Waals surface area contributed by atoms with Crippen molar-refractivity contribution in [3.63, 3.8) is 0 Å². The second-order valence-electron chi connectivity index (χ2n) is 4.72. The third-order valence-corrected chi connectivity index (χ3v) is 3.51. The number of hydrogen-bond donors (Lipinski definition) is 2. The summed E-state index contributed by atoms with van der Waals surface area (Å²) in [4.78, 5) is 13.6. The summed E-state index contributed by atoms with van der Waals surface area (Å²) >= 11 is 0. The van der Waals surface area contributed by atoms with Crippen molar-refractivity contribution in [2.24, 2.45) is 5.73 Å². The molecule has 1 aromatic rings. The van der Waals surface area contributed by atoms with Gasteiger partial charge in [0.2, 0.25) is 5.91 Å². The number of benzene rings is 1. The summed E-state index contributed by atoms with van der Waals surface area (Å²) < 4.78 is 0. The van der Waals surface area contributed by atoms with Crippen LogP contribution < -0.4 is 16.0 Å². The minimum Gasteiger partial charge on any atom is -0.371 e. The molecule has 1 aromatic carbocycles. The van der Waals surface area contributed by atoms with Crippen LogP contribution in [0.2, 0.25) is 0 Å². The normalized spacial score (nSPS) is 19.0. The molecule has 0 spiro atoms. The van der Waals surface area contributed by atoms with Crippen molar-refractivity contribution < 1.29 is 4.79 Å². The van der Waals surface area contributed by atoms with Gasteiger partial charge in [0.05, 0.1) is 0 Å². The zero-order valence-electron chi connectivity index (χ0n) is 10.9. The molecule has 0 saturated carbocycles. The highest BCUT2D eigenvalue weighted by Gasteiger charge is 2.20. The van der Waals surface area contributed by atoms with E-state index >= 15 is 0 Å². The van der Waals surface area contributed by atoms with Crippen LogP contribution in [-0.4, -0.2) is 26.0 Å². The number of nitrogens with one attached hydrogen (secondary N) is 1. The van der Waals surface area contributed by atoms with E-state index in [9.17, 15) is 4.79 Å². The van der Waals surface area contributed by atoms with E-state index in [0.717, 1.165) is 25.9 Å². The van der Waals surface area contributed by atoms with E-state index in [1.54, 1.807) is 7.05 Å². The highest BCUT2D eigenvalue weighted by atomic mass is 16.1. The van der Waals surface area contributed by atoms with Crippen LogP contribution in [0, 0.1) is 0 Å². The summed E-state index contributed by atoms with van der Waals surface area (Å²) in [5, 5.41) is 2.66. The predicted octanol–water partition coefficient (Wildman–Crippen LogP) is 1.42. The standard InChI is InChI=1S/C14H21N3O/c1-16-14(18)8-10-17-9-4-6-12(15)11-5-2-3-7-13(11)17/h2-3,5,7,12H,4,6,8-10,15H2,1H3,(H,16,18). The van der Waals surface area contributed by atoms with Crippen molar-refractivity contribution >= 4 is 11.6 Å². The predicted molar refractivity (Wildman–Crippen MR) is 73.5 cm³/mol. The van der Waals surface area contributed by atoms with Crippen LogP contribution in [0.5, 0.6) is 0 Å². The summed E-state index contributed by atoms with van der Waals surface area (Å²) in [6.07, 6.45) is 2.61. The molecule has 3 N–H and O–H groups in total. The van der Waals surface area contributed by atoms with E-state index < -0.39 is 0 Å². The Kier molecular flexibility index (Phi) is 4.20. The lowest BCUT2D eigenvalue weighted by Crippen LogP contribution is -2.30. The molecule has 1 heterocycles. The third-order valence-electron chi connectivity index (χ3n) is 3.51. The van der Waals surface area contributed by atoms with E-state index in [2.05, 4.69) is 22.3 Å².